The van der Waals surface area contributed by atoms with Gasteiger partial charge >= 0.3 is 5.97 Å². The molecule has 0 atom stereocenters. The van der Waals surface area contributed by atoms with E-state index in [0.29, 0.717) is 17.8 Å². The Kier molecular flexibility index (Phi) is 7.27. The molecule has 18 heavy (non-hydrogen) atoms. The third-order valence-corrected chi connectivity index (χ3v) is 2.82. The van der Waals surface area contributed by atoms with Crippen molar-refractivity contribution in [1.29, 1.82) is 0 Å². The van der Waals surface area contributed by atoms with Gasteiger partial charge in [-0.1, -0.05) is 48.1 Å². The average Bonchev–Trinajstić information content (AvgIpc) is 2.12. The third kappa shape index (κ3) is 6.83. The van der Waals surface area contributed by atoms with Gasteiger partial charge < -0.3 is 4.74 Å². The second kappa shape index (κ2) is 7.60. The van der Waals surface area contributed by atoms with Crippen LogP contribution < -0.4 is 0 Å². The first kappa shape index (κ1) is 17.2. The minimum atomic E-state index is -0.332. The molecular formula is C16H30O2. The van der Waals surface area contributed by atoms with Crippen LogP contribution in [0.1, 0.15) is 60.8 Å². The van der Waals surface area contributed by atoms with Crippen molar-refractivity contribution in [3.63, 3.8) is 0 Å². The predicted octanol–water partition coefficient (Wildman–Crippen LogP) is 4.59. The van der Waals surface area contributed by atoms with Gasteiger partial charge in [-0.3, -0.25) is 0 Å². The second-order valence-corrected chi connectivity index (χ2v) is 6.60. The maximum atomic E-state index is 11.6. The number of rotatable bonds is 8. The van der Waals surface area contributed by atoms with Crippen molar-refractivity contribution in [3.05, 3.63) is 12.7 Å². The van der Waals surface area contributed by atoms with Gasteiger partial charge in [-0.05, 0) is 37.0 Å². The number of hydrogen-bond acceptors (Lipinski definition) is 2. The molecule has 106 valence electrons. The highest BCUT2D eigenvalue weighted by Gasteiger charge is 2.36. The lowest BCUT2D eigenvalue weighted by molar-refractivity contribution is -0.159. The molecule has 0 bridgehead atoms. The van der Waals surface area contributed by atoms with E-state index in [2.05, 4.69) is 48.1 Å². The molecule has 0 aromatic rings. The third-order valence-electron chi connectivity index (χ3n) is 2.82. The van der Waals surface area contributed by atoms with Crippen molar-refractivity contribution in [3.8, 4) is 0 Å². The van der Waals surface area contributed by atoms with E-state index in [0.717, 1.165) is 19.3 Å². The van der Waals surface area contributed by atoms with E-state index in [-0.39, 0.29) is 11.6 Å². The van der Waals surface area contributed by atoms with Crippen LogP contribution in [0.3, 0.4) is 0 Å². The summed E-state index contributed by atoms with van der Waals surface area (Å²) in [5, 5.41) is 0. The monoisotopic (exact) mass is 254 g/mol. The molecule has 0 saturated carbocycles. The van der Waals surface area contributed by atoms with E-state index in [1.165, 1.54) is 6.08 Å². The lowest BCUT2D eigenvalue weighted by Gasteiger charge is -2.37. The summed E-state index contributed by atoms with van der Waals surface area (Å²) in [6.07, 6.45) is 4.03. The molecule has 0 radical (unpaired) electrons. The summed E-state index contributed by atoms with van der Waals surface area (Å²) in [6, 6.07) is 0. The SMILES string of the molecule is C=CC(=O)OC(CC(C)C)(CC(C)C)CC(C)C. The standard InChI is InChI=1S/C16H30O2/c1-8-15(17)18-16(9-12(2)3,10-13(4)5)11-14(6)7/h8,12-14H,1,9-11H2,2-7H3. The van der Waals surface area contributed by atoms with Gasteiger partial charge in [-0.2, -0.15) is 0 Å². The van der Waals surface area contributed by atoms with Crippen LogP contribution in [0.5, 0.6) is 0 Å². The van der Waals surface area contributed by atoms with Gasteiger partial charge in [0.2, 0.25) is 0 Å². The molecule has 0 saturated heterocycles. The van der Waals surface area contributed by atoms with Crippen LogP contribution >= 0.6 is 0 Å². The van der Waals surface area contributed by atoms with Crippen LogP contribution in [-0.2, 0) is 9.53 Å². The topological polar surface area (TPSA) is 26.3 Å². The number of hydrogen-bond donors (Lipinski definition) is 0. The summed E-state index contributed by atoms with van der Waals surface area (Å²) in [5.74, 6) is 1.25. The molecule has 0 aliphatic heterocycles. The van der Waals surface area contributed by atoms with Gasteiger partial charge in [0.15, 0.2) is 0 Å². The predicted molar refractivity (Wildman–Crippen MR) is 77.4 cm³/mol. The van der Waals surface area contributed by atoms with Crippen LogP contribution in [-0.4, -0.2) is 11.6 Å². The molecule has 0 rings (SSSR count). The summed E-state index contributed by atoms with van der Waals surface area (Å²) >= 11 is 0. The molecule has 0 amide bonds. The summed E-state index contributed by atoms with van der Waals surface area (Å²) in [7, 11) is 0. The minimum Gasteiger partial charge on any atom is -0.456 e. The smallest absolute Gasteiger partial charge is 0.330 e. The Balaban J connectivity index is 5.09. The van der Waals surface area contributed by atoms with Gasteiger partial charge in [0, 0.05) is 6.08 Å². The van der Waals surface area contributed by atoms with Gasteiger partial charge in [0.1, 0.15) is 5.60 Å². The van der Waals surface area contributed by atoms with Crippen molar-refractivity contribution >= 4 is 5.97 Å². The largest absolute Gasteiger partial charge is 0.456 e. The first-order valence-corrected chi connectivity index (χ1v) is 7.06. The maximum absolute atomic E-state index is 11.6. The van der Waals surface area contributed by atoms with Crippen molar-refractivity contribution in [1.82, 2.24) is 0 Å². The minimum absolute atomic E-state index is 0.294. The molecule has 2 heteroatoms. The Morgan fingerprint density at radius 1 is 1.00 bits per heavy atom. The van der Waals surface area contributed by atoms with Gasteiger partial charge in [0.05, 0.1) is 0 Å². The van der Waals surface area contributed by atoms with E-state index in [9.17, 15) is 4.79 Å². The number of carbonyl (C=O) groups excluding carboxylic acids is 1. The fourth-order valence-electron chi connectivity index (χ4n) is 2.86. The number of esters is 1. The summed E-state index contributed by atoms with van der Waals surface area (Å²) in [6.45, 7) is 16.6. The molecule has 0 aliphatic rings. The molecule has 0 aromatic heterocycles. The molecule has 2 nitrogen and oxygen atoms in total. The summed E-state index contributed by atoms with van der Waals surface area (Å²) in [5.41, 5.74) is -0.332. The van der Waals surface area contributed by atoms with Crippen LogP contribution in [0.25, 0.3) is 0 Å². The molecular weight excluding hydrogens is 224 g/mol. The Labute approximate surface area is 113 Å². The summed E-state index contributed by atoms with van der Waals surface area (Å²) < 4.78 is 5.76. The van der Waals surface area contributed by atoms with Gasteiger partial charge in [-0.25, -0.2) is 4.79 Å². The van der Waals surface area contributed by atoms with E-state index >= 15 is 0 Å². The van der Waals surface area contributed by atoms with Crippen molar-refractivity contribution in [2.75, 3.05) is 0 Å². The fourth-order valence-corrected chi connectivity index (χ4v) is 2.86. The van der Waals surface area contributed by atoms with Crippen LogP contribution in [0.15, 0.2) is 12.7 Å². The second-order valence-electron chi connectivity index (χ2n) is 6.60. The van der Waals surface area contributed by atoms with Crippen molar-refractivity contribution in [2.24, 2.45) is 17.8 Å². The molecule has 0 spiro atoms. The Morgan fingerprint density at radius 3 is 1.56 bits per heavy atom. The fraction of sp³-hybridized carbons (Fsp3) is 0.812. The highest BCUT2D eigenvalue weighted by molar-refractivity contribution is 5.81. The van der Waals surface area contributed by atoms with E-state index < -0.39 is 0 Å². The first-order chi connectivity index (χ1) is 8.20. The van der Waals surface area contributed by atoms with E-state index in [1.54, 1.807) is 0 Å². The Hall–Kier alpha value is -0.790. The molecule has 0 unspecified atom stereocenters. The highest BCUT2D eigenvalue weighted by atomic mass is 16.6. The van der Waals surface area contributed by atoms with Crippen molar-refractivity contribution in [2.45, 2.75) is 66.4 Å². The summed E-state index contributed by atoms with van der Waals surface area (Å²) in [4.78, 5) is 11.6. The maximum Gasteiger partial charge on any atom is 0.330 e. The lowest BCUT2D eigenvalue weighted by Crippen LogP contribution is -2.39. The van der Waals surface area contributed by atoms with Gasteiger partial charge in [-0.15, -0.1) is 0 Å². The molecule has 0 aliphatic carbocycles. The molecule has 0 aromatic carbocycles. The van der Waals surface area contributed by atoms with Crippen LogP contribution in [0.4, 0.5) is 0 Å². The van der Waals surface area contributed by atoms with Gasteiger partial charge in [0.25, 0.3) is 0 Å². The van der Waals surface area contributed by atoms with Crippen molar-refractivity contribution < 1.29 is 9.53 Å². The Bertz CT molecular complexity index is 238. The van der Waals surface area contributed by atoms with E-state index in [1.807, 2.05) is 0 Å². The zero-order valence-corrected chi connectivity index (χ0v) is 13.0. The number of ether oxygens (including phenoxy) is 1. The van der Waals surface area contributed by atoms with Crippen LogP contribution in [0.2, 0.25) is 0 Å². The zero-order chi connectivity index (χ0) is 14.3. The molecule has 0 heterocycles. The number of carbonyl (C=O) groups is 1. The Morgan fingerprint density at radius 2 is 1.33 bits per heavy atom. The van der Waals surface area contributed by atoms with Crippen LogP contribution in [0, 0.1) is 17.8 Å². The normalized spacial score (nSPS) is 12.3. The molecule has 0 N–H and O–H groups in total. The highest BCUT2D eigenvalue weighted by Crippen LogP contribution is 2.35. The molecule has 0 fully saturated rings. The first-order valence-electron chi connectivity index (χ1n) is 7.06. The van der Waals surface area contributed by atoms with E-state index in [4.69, 9.17) is 4.74 Å². The quantitative estimate of drug-likeness (QED) is 0.467. The lowest BCUT2D eigenvalue weighted by atomic mass is 9.79. The average molecular weight is 254 g/mol. The zero-order valence-electron chi connectivity index (χ0n) is 13.0.